The van der Waals surface area contributed by atoms with Gasteiger partial charge in [-0.15, -0.1) is 0 Å². The summed E-state index contributed by atoms with van der Waals surface area (Å²) in [6.07, 6.45) is 0.308. The molecule has 2 aromatic carbocycles. The predicted octanol–water partition coefficient (Wildman–Crippen LogP) is 4.88. The number of amides is 3. The van der Waals surface area contributed by atoms with Crippen molar-refractivity contribution >= 4 is 56.8 Å². The number of anilines is 1. The number of rotatable bonds is 4. The zero-order valence-electron chi connectivity index (χ0n) is 14.1. The third-order valence-corrected chi connectivity index (χ3v) is 5.67. The Morgan fingerprint density at radius 1 is 1.07 bits per heavy atom. The summed E-state index contributed by atoms with van der Waals surface area (Å²) in [7, 11) is 0. The van der Waals surface area contributed by atoms with Gasteiger partial charge in [-0.25, -0.2) is 9.69 Å². The molecule has 4 rings (SSSR count). The Morgan fingerprint density at radius 2 is 1.74 bits per heavy atom. The van der Waals surface area contributed by atoms with Crippen molar-refractivity contribution < 1.29 is 14.3 Å². The van der Waals surface area contributed by atoms with Crippen LogP contribution in [0.15, 0.2) is 46.9 Å². The average Bonchev–Trinajstić information content (AvgIpc) is 3.13. The Hall–Kier alpha value is -1.60. The molecule has 2 aromatic rings. The predicted molar refractivity (Wildman–Crippen MR) is 107 cm³/mol. The number of fused-ring (bicyclic) bond motifs is 1. The van der Waals surface area contributed by atoms with Crippen molar-refractivity contribution in [2.24, 2.45) is 0 Å². The first-order valence-electron chi connectivity index (χ1n) is 8.39. The largest absolute Gasteiger partial charge is 0.372 e. The van der Waals surface area contributed by atoms with Crippen molar-refractivity contribution in [2.75, 3.05) is 11.4 Å². The standard InChI is InChI=1S/C19H15BrCl2N2O3/c20-12-3-1-11(2-4-12)10-27-16-8-17-18(25)24(19(26)23(17)9-16)15-6-13(21)5-14(22)7-15/h1-7,16-17H,8-10H2/t16-,17-/m0/s1. The number of hydrogen-bond acceptors (Lipinski definition) is 3. The van der Waals surface area contributed by atoms with Gasteiger partial charge in [0, 0.05) is 27.5 Å². The van der Waals surface area contributed by atoms with Gasteiger partial charge in [0.2, 0.25) is 0 Å². The van der Waals surface area contributed by atoms with Crippen molar-refractivity contribution in [1.82, 2.24) is 4.90 Å². The van der Waals surface area contributed by atoms with Crippen LogP contribution in [-0.2, 0) is 16.1 Å². The minimum Gasteiger partial charge on any atom is -0.372 e. The molecule has 5 nitrogen and oxygen atoms in total. The molecule has 2 atom stereocenters. The second-order valence-electron chi connectivity index (χ2n) is 6.55. The van der Waals surface area contributed by atoms with Gasteiger partial charge in [0.15, 0.2) is 0 Å². The van der Waals surface area contributed by atoms with Gasteiger partial charge in [0.1, 0.15) is 6.04 Å². The van der Waals surface area contributed by atoms with Crippen LogP contribution in [0.2, 0.25) is 10.0 Å². The first-order chi connectivity index (χ1) is 12.9. The highest BCUT2D eigenvalue weighted by molar-refractivity contribution is 9.10. The van der Waals surface area contributed by atoms with E-state index in [-0.39, 0.29) is 18.0 Å². The highest BCUT2D eigenvalue weighted by atomic mass is 79.9. The van der Waals surface area contributed by atoms with Crippen LogP contribution in [0.4, 0.5) is 10.5 Å². The minimum absolute atomic E-state index is 0.170. The molecule has 140 valence electrons. The molecule has 0 N–H and O–H groups in total. The fourth-order valence-electron chi connectivity index (χ4n) is 3.44. The molecule has 2 heterocycles. The molecule has 0 aromatic heterocycles. The van der Waals surface area contributed by atoms with Crippen molar-refractivity contribution in [3.63, 3.8) is 0 Å². The minimum atomic E-state index is -0.509. The number of imide groups is 1. The summed E-state index contributed by atoms with van der Waals surface area (Å²) in [4.78, 5) is 28.3. The third kappa shape index (κ3) is 3.72. The van der Waals surface area contributed by atoms with Crippen LogP contribution in [-0.4, -0.2) is 35.5 Å². The lowest BCUT2D eigenvalue weighted by molar-refractivity contribution is -0.119. The van der Waals surface area contributed by atoms with Gasteiger partial charge in [-0.05, 0) is 35.9 Å². The quantitative estimate of drug-likeness (QED) is 0.599. The normalized spacial score (nSPS) is 21.9. The zero-order valence-corrected chi connectivity index (χ0v) is 17.2. The molecule has 27 heavy (non-hydrogen) atoms. The molecule has 0 spiro atoms. The summed E-state index contributed by atoms with van der Waals surface area (Å²) in [5.74, 6) is -0.270. The van der Waals surface area contributed by atoms with Crippen LogP contribution < -0.4 is 4.90 Å². The molecule has 0 radical (unpaired) electrons. The van der Waals surface area contributed by atoms with Crippen LogP contribution in [0, 0.1) is 0 Å². The smallest absolute Gasteiger partial charge is 0.332 e. The van der Waals surface area contributed by atoms with E-state index in [0.29, 0.717) is 35.3 Å². The van der Waals surface area contributed by atoms with Gasteiger partial charge in [-0.3, -0.25) is 4.79 Å². The van der Waals surface area contributed by atoms with Gasteiger partial charge >= 0.3 is 6.03 Å². The van der Waals surface area contributed by atoms with Gasteiger partial charge in [-0.2, -0.15) is 0 Å². The summed E-state index contributed by atoms with van der Waals surface area (Å²) in [5, 5.41) is 0.752. The van der Waals surface area contributed by atoms with E-state index < -0.39 is 6.04 Å². The Kier molecular flexibility index (Phi) is 5.16. The number of carbonyl (C=O) groups excluding carboxylic acids is 2. The molecule has 2 fully saturated rings. The second kappa shape index (κ2) is 7.43. The first kappa shape index (κ1) is 18.7. The number of ether oxygens (including phenoxy) is 1. The monoisotopic (exact) mass is 468 g/mol. The Balaban J connectivity index is 1.44. The molecule has 3 amide bonds. The van der Waals surface area contributed by atoms with E-state index in [1.54, 1.807) is 23.1 Å². The van der Waals surface area contributed by atoms with Crippen molar-refractivity contribution in [1.29, 1.82) is 0 Å². The van der Waals surface area contributed by atoms with Gasteiger partial charge in [0.05, 0.1) is 18.4 Å². The van der Waals surface area contributed by atoms with E-state index in [9.17, 15) is 9.59 Å². The molecular formula is C19H15BrCl2N2O3. The molecular weight excluding hydrogens is 455 g/mol. The topological polar surface area (TPSA) is 49.9 Å². The summed E-state index contributed by atoms with van der Waals surface area (Å²) >= 11 is 15.4. The van der Waals surface area contributed by atoms with E-state index in [0.717, 1.165) is 14.9 Å². The number of carbonyl (C=O) groups is 2. The number of hydrogen-bond donors (Lipinski definition) is 0. The second-order valence-corrected chi connectivity index (χ2v) is 8.34. The van der Waals surface area contributed by atoms with Gasteiger partial charge < -0.3 is 9.64 Å². The first-order valence-corrected chi connectivity index (χ1v) is 9.94. The van der Waals surface area contributed by atoms with E-state index in [4.69, 9.17) is 27.9 Å². The van der Waals surface area contributed by atoms with E-state index in [2.05, 4.69) is 15.9 Å². The van der Waals surface area contributed by atoms with Crippen molar-refractivity contribution in [3.05, 3.63) is 62.5 Å². The Morgan fingerprint density at radius 3 is 2.37 bits per heavy atom. The zero-order chi connectivity index (χ0) is 19.1. The van der Waals surface area contributed by atoms with Gasteiger partial charge in [0.25, 0.3) is 5.91 Å². The van der Waals surface area contributed by atoms with Gasteiger partial charge in [-0.1, -0.05) is 51.3 Å². The lowest BCUT2D eigenvalue weighted by Crippen LogP contribution is -2.35. The lowest BCUT2D eigenvalue weighted by Gasteiger charge is -2.18. The maximum absolute atomic E-state index is 12.8. The fraction of sp³-hybridized carbons (Fsp3) is 0.263. The molecule has 2 aliphatic heterocycles. The molecule has 0 aliphatic carbocycles. The molecule has 8 heteroatoms. The summed E-state index contributed by atoms with van der Waals surface area (Å²) in [6, 6.07) is 11.7. The summed E-state index contributed by atoms with van der Waals surface area (Å²) in [5.41, 5.74) is 1.43. The summed E-state index contributed by atoms with van der Waals surface area (Å²) in [6.45, 7) is 0.824. The maximum atomic E-state index is 12.8. The van der Waals surface area contributed by atoms with Crippen LogP contribution in [0.1, 0.15) is 12.0 Å². The van der Waals surface area contributed by atoms with E-state index in [1.807, 2.05) is 24.3 Å². The lowest BCUT2D eigenvalue weighted by atomic mass is 10.1. The number of benzene rings is 2. The summed E-state index contributed by atoms with van der Waals surface area (Å²) < 4.78 is 6.92. The number of urea groups is 1. The average molecular weight is 470 g/mol. The van der Waals surface area contributed by atoms with Crippen molar-refractivity contribution in [2.45, 2.75) is 25.2 Å². The van der Waals surface area contributed by atoms with Crippen molar-refractivity contribution in [3.8, 4) is 0 Å². The Labute approximate surface area is 174 Å². The highest BCUT2D eigenvalue weighted by Gasteiger charge is 2.51. The molecule has 0 saturated carbocycles. The Bertz CT molecular complexity index is 862. The third-order valence-electron chi connectivity index (χ3n) is 4.71. The number of nitrogens with zero attached hydrogens (tertiary/aromatic N) is 2. The van der Waals surface area contributed by atoms with Crippen LogP contribution in [0.25, 0.3) is 0 Å². The molecule has 2 aliphatic rings. The maximum Gasteiger partial charge on any atom is 0.332 e. The molecule has 0 bridgehead atoms. The molecule has 0 unspecified atom stereocenters. The van der Waals surface area contributed by atoms with E-state index in [1.165, 1.54) is 0 Å². The van der Waals surface area contributed by atoms with Crippen LogP contribution >= 0.6 is 39.1 Å². The van der Waals surface area contributed by atoms with Crippen LogP contribution in [0.5, 0.6) is 0 Å². The van der Waals surface area contributed by atoms with E-state index >= 15 is 0 Å². The SMILES string of the molecule is O=C1[C@@H]2C[C@H](OCc3ccc(Br)cc3)CN2C(=O)N1c1cc(Cl)cc(Cl)c1. The van der Waals surface area contributed by atoms with Crippen LogP contribution in [0.3, 0.4) is 0 Å². The number of halogens is 3. The highest BCUT2D eigenvalue weighted by Crippen LogP contribution is 2.35. The molecule has 2 saturated heterocycles. The fourth-order valence-corrected chi connectivity index (χ4v) is 4.22.